The summed E-state index contributed by atoms with van der Waals surface area (Å²) in [5.41, 5.74) is 2.70. The Morgan fingerprint density at radius 1 is 0.950 bits per heavy atom. The SMILES string of the molecule is COc1ccc(CCC(C)NCc2ccccc2)cc1. The molecule has 0 amide bonds. The molecule has 0 saturated carbocycles. The molecule has 0 fully saturated rings. The Labute approximate surface area is 121 Å². The maximum Gasteiger partial charge on any atom is 0.118 e. The highest BCUT2D eigenvalue weighted by atomic mass is 16.5. The van der Waals surface area contributed by atoms with Crippen molar-refractivity contribution in [3.8, 4) is 5.75 Å². The largest absolute Gasteiger partial charge is 0.497 e. The van der Waals surface area contributed by atoms with Crippen LogP contribution < -0.4 is 10.1 Å². The Morgan fingerprint density at radius 2 is 1.65 bits per heavy atom. The summed E-state index contributed by atoms with van der Waals surface area (Å²) < 4.78 is 5.17. The van der Waals surface area contributed by atoms with E-state index in [0.29, 0.717) is 6.04 Å². The highest BCUT2D eigenvalue weighted by molar-refractivity contribution is 5.27. The second kappa shape index (κ2) is 7.71. The van der Waals surface area contributed by atoms with E-state index >= 15 is 0 Å². The van der Waals surface area contributed by atoms with Gasteiger partial charge in [-0.2, -0.15) is 0 Å². The molecule has 2 aromatic carbocycles. The van der Waals surface area contributed by atoms with Crippen molar-refractivity contribution in [2.75, 3.05) is 7.11 Å². The van der Waals surface area contributed by atoms with Crippen LogP contribution in [0.1, 0.15) is 24.5 Å². The van der Waals surface area contributed by atoms with E-state index in [2.05, 4.69) is 54.7 Å². The second-order valence-electron chi connectivity index (χ2n) is 5.15. The lowest BCUT2D eigenvalue weighted by molar-refractivity contribution is 0.414. The molecule has 0 aromatic heterocycles. The van der Waals surface area contributed by atoms with E-state index in [0.717, 1.165) is 25.1 Å². The third-order valence-electron chi connectivity index (χ3n) is 3.52. The first-order valence-corrected chi connectivity index (χ1v) is 7.18. The van der Waals surface area contributed by atoms with E-state index in [9.17, 15) is 0 Å². The van der Waals surface area contributed by atoms with Crippen molar-refractivity contribution < 1.29 is 4.74 Å². The number of ether oxygens (including phenoxy) is 1. The molecule has 0 aliphatic carbocycles. The summed E-state index contributed by atoms with van der Waals surface area (Å²) in [5.74, 6) is 0.920. The molecular formula is C18H23NO. The lowest BCUT2D eigenvalue weighted by Gasteiger charge is -2.14. The fourth-order valence-electron chi connectivity index (χ4n) is 2.17. The van der Waals surface area contributed by atoms with Gasteiger partial charge in [0.25, 0.3) is 0 Å². The van der Waals surface area contributed by atoms with Gasteiger partial charge in [-0.15, -0.1) is 0 Å². The van der Waals surface area contributed by atoms with Gasteiger partial charge in [-0.1, -0.05) is 42.5 Å². The normalized spacial score (nSPS) is 12.1. The molecule has 0 saturated heterocycles. The molecule has 0 bridgehead atoms. The molecule has 2 aromatic rings. The van der Waals surface area contributed by atoms with E-state index in [1.165, 1.54) is 11.1 Å². The summed E-state index contributed by atoms with van der Waals surface area (Å²) in [6.07, 6.45) is 2.23. The van der Waals surface area contributed by atoms with E-state index in [4.69, 9.17) is 4.74 Å². The van der Waals surface area contributed by atoms with Crippen molar-refractivity contribution in [3.63, 3.8) is 0 Å². The fraction of sp³-hybridized carbons (Fsp3) is 0.333. The van der Waals surface area contributed by atoms with Crippen LogP contribution in [0.5, 0.6) is 5.75 Å². The number of hydrogen-bond acceptors (Lipinski definition) is 2. The van der Waals surface area contributed by atoms with Gasteiger partial charge in [-0.05, 0) is 43.0 Å². The van der Waals surface area contributed by atoms with Gasteiger partial charge >= 0.3 is 0 Å². The maximum absolute atomic E-state index is 5.17. The number of methoxy groups -OCH3 is 1. The summed E-state index contributed by atoms with van der Waals surface area (Å²) in [4.78, 5) is 0. The summed E-state index contributed by atoms with van der Waals surface area (Å²) >= 11 is 0. The van der Waals surface area contributed by atoms with E-state index in [-0.39, 0.29) is 0 Å². The highest BCUT2D eigenvalue weighted by Crippen LogP contribution is 2.13. The molecule has 2 heteroatoms. The quantitative estimate of drug-likeness (QED) is 0.825. The van der Waals surface area contributed by atoms with Crippen molar-refractivity contribution in [3.05, 3.63) is 65.7 Å². The van der Waals surface area contributed by atoms with Crippen LogP contribution in [0.4, 0.5) is 0 Å². The first-order valence-electron chi connectivity index (χ1n) is 7.18. The van der Waals surface area contributed by atoms with Crippen molar-refractivity contribution >= 4 is 0 Å². The van der Waals surface area contributed by atoms with E-state index in [1.54, 1.807) is 7.11 Å². The van der Waals surface area contributed by atoms with Crippen LogP contribution in [0.2, 0.25) is 0 Å². The lowest BCUT2D eigenvalue weighted by atomic mass is 10.1. The third-order valence-corrected chi connectivity index (χ3v) is 3.52. The standard InChI is InChI=1S/C18H23NO/c1-15(19-14-17-6-4-3-5-7-17)8-9-16-10-12-18(20-2)13-11-16/h3-7,10-13,15,19H,8-9,14H2,1-2H3. The molecular weight excluding hydrogens is 246 g/mol. The number of benzene rings is 2. The molecule has 2 rings (SSSR count). The molecule has 0 spiro atoms. The van der Waals surface area contributed by atoms with Crippen LogP contribution in [-0.4, -0.2) is 13.2 Å². The van der Waals surface area contributed by atoms with Gasteiger partial charge in [0, 0.05) is 12.6 Å². The minimum Gasteiger partial charge on any atom is -0.497 e. The van der Waals surface area contributed by atoms with Crippen molar-refractivity contribution in [2.45, 2.75) is 32.4 Å². The smallest absolute Gasteiger partial charge is 0.118 e. The number of nitrogens with one attached hydrogen (secondary N) is 1. The van der Waals surface area contributed by atoms with Crippen molar-refractivity contribution in [1.82, 2.24) is 5.32 Å². The van der Waals surface area contributed by atoms with Crippen LogP contribution in [-0.2, 0) is 13.0 Å². The Balaban J connectivity index is 1.73. The van der Waals surface area contributed by atoms with Gasteiger partial charge in [-0.25, -0.2) is 0 Å². The molecule has 0 radical (unpaired) electrons. The van der Waals surface area contributed by atoms with E-state index in [1.807, 2.05) is 12.1 Å². The molecule has 1 atom stereocenters. The Kier molecular flexibility index (Phi) is 5.63. The molecule has 0 heterocycles. The predicted molar refractivity (Wildman–Crippen MR) is 84.1 cm³/mol. The zero-order chi connectivity index (χ0) is 14.2. The van der Waals surface area contributed by atoms with Gasteiger partial charge in [0.15, 0.2) is 0 Å². The van der Waals surface area contributed by atoms with Crippen LogP contribution in [0.25, 0.3) is 0 Å². The van der Waals surface area contributed by atoms with Gasteiger partial charge in [0.05, 0.1) is 7.11 Å². The van der Waals surface area contributed by atoms with Crippen LogP contribution in [0.3, 0.4) is 0 Å². The van der Waals surface area contributed by atoms with Crippen LogP contribution >= 0.6 is 0 Å². The maximum atomic E-state index is 5.17. The Morgan fingerprint density at radius 3 is 2.30 bits per heavy atom. The first kappa shape index (κ1) is 14.6. The molecule has 0 aliphatic rings. The van der Waals surface area contributed by atoms with Crippen LogP contribution in [0, 0.1) is 0 Å². The summed E-state index contributed by atoms with van der Waals surface area (Å²) in [7, 11) is 1.70. The average molecular weight is 269 g/mol. The van der Waals surface area contributed by atoms with Crippen molar-refractivity contribution in [1.29, 1.82) is 0 Å². The number of rotatable bonds is 7. The molecule has 1 unspecified atom stereocenters. The monoisotopic (exact) mass is 269 g/mol. The summed E-state index contributed by atoms with van der Waals surface area (Å²) in [6.45, 7) is 3.18. The van der Waals surface area contributed by atoms with Gasteiger partial charge < -0.3 is 10.1 Å². The summed E-state index contributed by atoms with van der Waals surface area (Å²) in [5, 5.41) is 3.57. The molecule has 20 heavy (non-hydrogen) atoms. The molecule has 1 N–H and O–H groups in total. The second-order valence-corrected chi connectivity index (χ2v) is 5.15. The van der Waals surface area contributed by atoms with Crippen LogP contribution in [0.15, 0.2) is 54.6 Å². The average Bonchev–Trinajstić information content (AvgIpc) is 2.52. The van der Waals surface area contributed by atoms with Gasteiger partial charge in [-0.3, -0.25) is 0 Å². The minimum atomic E-state index is 0.511. The molecule has 106 valence electrons. The Bertz CT molecular complexity index is 493. The first-order chi connectivity index (χ1) is 9.78. The highest BCUT2D eigenvalue weighted by Gasteiger charge is 2.02. The lowest BCUT2D eigenvalue weighted by Crippen LogP contribution is -2.25. The predicted octanol–water partition coefficient (Wildman–Crippen LogP) is 3.81. The van der Waals surface area contributed by atoms with Gasteiger partial charge in [0.1, 0.15) is 5.75 Å². The number of aryl methyl sites for hydroxylation is 1. The van der Waals surface area contributed by atoms with Crippen molar-refractivity contribution in [2.24, 2.45) is 0 Å². The minimum absolute atomic E-state index is 0.511. The zero-order valence-electron chi connectivity index (χ0n) is 12.3. The topological polar surface area (TPSA) is 21.3 Å². The van der Waals surface area contributed by atoms with E-state index < -0.39 is 0 Å². The fourth-order valence-corrected chi connectivity index (χ4v) is 2.17. The third kappa shape index (κ3) is 4.71. The number of hydrogen-bond donors (Lipinski definition) is 1. The summed E-state index contributed by atoms with van der Waals surface area (Å²) in [6, 6.07) is 19.4. The zero-order valence-corrected chi connectivity index (χ0v) is 12.3. The van der Waals surface area contributed by atoms with Gasteiger partial charge in [0.2, 0.25) is 0 Å². The molecule has 2 nitrogen and oxygen atoms in total. The molecule has 0 aliphatic heterocycles. The Hall–Kier alpha value is -1.80.